The Labute approximate surface area is 214 Å². The van der Waals surface area contributed by atoms with Crippen molar-refractivity contribution in [3.63, 3.8) is 0 Å². The average Bonchev–Trinajstić information content (AvgIpc) is 2.77. The molecule has 0 saturated carbocycles. The van der Waals surface area contributed by atoms with Crippen molar-refractivity contribution in [2.75, 3.05) is 0 Å². The third-order valence-electron chi connectivity index (χ3n) is 5.90. The van der Waals surface area contributed by atoms with E-state index in [0.717, 1.165) is 43.8 Å². The second kappa shape index (κ2) is 19.0. The number of rotatable bonds is 22. The Morgan fingerprint density at radius 1 is 0.765 bits per heavy atom. The van der Waals surface area contributed by atoms with Gasteiger partial charge < -0.3 is 0 Å². The van der Waals surface area contributed by atoms with Gasteiger partial charge in [0.05, 0.1) is 0 Å². The van der Waals surface area contributed by atoms with Crippen molar-refractivity contribution in [1.82, 2.24) is 0 Å². The first-order valence-corrected chi connectivity index (χ1v) is 14.8. The number of ketones is 2. The first-order chi connectivity index (χ1) is 16.1. The van der Waals surface area contributed by atoms with Crippen molar-refractivity contribution < 1.29 is 43.0 Å². The summed E-state index contributed by atoms with van der Waals surface area (Å²) in [4.78, 5) is 38.1. The molecule has 0 aliphatic heterocycles. The maximum atomic E-state index is 12.8. The van der Waals surface area contributed by atoms with Gasteiger partial charge in [-0.1, -0.05) is 39.5 Å². The number of hydrogen-bond acceptors (Lipinski definition) is 6. The molecule has 0 heterocycles. The molecular formula is C27H46O6Ti. The molecule has 34 heavy (non-hydrogen) atoms. The summed E-state index contributed by atoms with van der Waals surface area (Å²) in [7, 11) is 0. The van der Waals surface area contributed by atoms with Crippen LogP contribution in [0.15, 0.2) is 25.3 Å². The zero-order valence-electron chi connectivity index (χ0n) is 21.9. The van der Waals surface area contributed by atoms with Crippen LogP contribution in [-0.4, -0.2) is 23.6 Å². The van der Waals surface area contributed by atoms with Crippen LogP contribution in [0.25, 0.3) is 0 Å². The van der Waals surface area contributed by atoms with Crippen LogP contribution in [0.3, 0.4) is 0 Å². The summed E-state index contributed by atoms with van der Waals surface area (Å²) in [6, 6.07) is 0. The van der Waals surface area contributed by atoms with E-state index in [2.05, 4.69) is 27.0 Å². The molecule has 0 saturated heterocycles. The van der Waals surface area contributed by atoms with Crippen LogP contribution in [-0.2, 0) is 43.0 Å². The monoisotopic (exact) mass is 514 g/mol. The van der Waals surface area contributed by atoms with Crippen molar-refractivity contribution >= 4 is 17.5 Å². The van der Waals surface area contributed by atoms with Crippen LogP contribution in [0.5, 0.6) is 0 Å². The van der Waals surface area contributed by atoms with Gasteiger partial charge in [-0.15, -0.1) is 0 Å². The summed E-state index contributed by atoms with van der Waals surface area (Å²) in [5.74, 6) is -1.84. The third-order valence-corrected chi connectivity index (χ3v) is 7.49. The molecule has 0 aromatic rings. The molecule has 0 N–H and O–H groups in total. The molecule has 0 amide bonds. The molecule has 0 spiro atoms. The van der Waals surface area contributed by atoms with Gasteiger partial charge in [0.15, 0.2) is 0 Å². The SMILES string of the molecule is C=CC(=O)C(CCCCCCCCCCCCCC(C)C)(C(=O)C=C)C(=O)[O][Ti](=[O])[O]C(C)C. The molecule has 0 unspecified atom stereocenters. The Morgan fingerprint density at radius 3 is 1.56 bits per heavy atom. The minimum absolute atomic E-state index is 0.0226. The fourth-order valence-corrected chi connectivity index (χ4v) is 5.12. The molecule has 0 radical (unpaired) electrons. The molecule has 0 aromatic heterocycles. The fourth-order valence-electron chi connectivity index (χ4n) is 3.93. The molecular weight excluding hydrogens is 468 g/mol. The first-order valence-electron chi connectivity index (χ1n) is 12.9. The number of unbranched alkanes of at least 4 members (excludes halogenated alkanes) is 10. The molecule has 0 aromatic carbocycles. The minimum atomic E-state index is -3.86. The summed E-state index contributed by atoms with van der Waals surface area (Å²) < 4.78 is 22.1. The maximum absolute atomic E-state index is 12.8. The van der Waals surface area contributed by atoms with Crippen molar-refractivity contribution in [2.45, 2.75) is 117 Å². The topological polar surface area (TPSA) is 86.7 Å². The Morgan fingerprint density at radius 2 is 1.18 bits per heavy atom. The third kappa shape index (κ3) is 13.0. The van der Waals surface area contributed by atoms with Crippen LogP contribution >= 0.6 is 0 Å². The summed E-state index contributed by atoms with van der Waals surface area (Å²) in [6.45, 7) is 14.7. The van der Waals surface area contributed by atoms with E-state index in [9.17, 15) is 17.7 Å². The van der Waals surface area contributed by atoms with Crippen LogP contribution < -0.4 is 0 Å². The van der Waals surface area contributed by atoms with Crippen molar-refractivity contribution in [2.24, 2.45) is 11.3 Å². The number of carbonyl (C=O) groups excluding carboxylic acids is 3. The second-order valence-electron chi connectivity index (χ2n) is 9.67. The van der Waals surface area contributed by atoms with Crippen LogP contribution in [0.2, 0.25) is 0 Å². The Kier molecular flexibility index (Phi) is 18.3. The van der Waals surface area contributed by atoms with E-state index in [1.807, 2.05) is 0 Å². The molecule has 7 heteroatoms. The first kappa shape index (κ1) is 32.8. The van der Waals surface area contributed by atoms with Gasteiger partial charge in [0, 0.05) is 0 Å². The van der Waals surface area contributed by atoms with E-state index < -0.39 is 47.7 Å². The number of allylic oxidation sites excluding steroid dienone is 2. The summed E-state index contributed by atoms with van der Waals surface area (Å²) >= 11 is -3.86. The Hall–Kier alpha value is -1.24. The van der Waals surface area contributed by atoms with Gasteiger partial charge in [-0.25, -0.2) is 0 Å². The molecule has 194 valence electrons. The zero-order chi connectivity index (χ0) is 26.0. The van der Waals surface area contributed by atoms with Crippen molar-refractivity contribution in [3.8, 4) is 0 Å². The molecule has 0 bridgehead atoms. The van der Waals surface area contributed by atoms with E-state index in [1.165, 1.54) is 44.9 Å². The Balaban J connectivity index is 4.54. The van der Waals surface area contributed by atoms with Gasteiger partial charge in [0.2, 0.25) is 0 Å². The van der Waals surface area contributed by atoms with Crippen LogP contribution in [0.4, 0.5) is 0 Å². The van der Waals surface area contributed by atoms with E-state index >= 15 is 0 Å². The van der Waals surface area contributed by atoms with Crippen LogP contribution in [0, 0.1) is 11.3 Å². The van der Waals surface area contributed by atoms with Gasteiger partial charge in [-0.3, -0.25) is 0 Å². The average molecular weight is 515 g/mol. The molecule has 0 aliphatic rings. The van der Waals surface area contributed by atoms with E-state index in [1.54, 1.807) is 13.8 Å². The number of hydrogen-bond donors (Lipinski definition) is 0. The van der Waals surface area contributed by atoms with Gasteiger partial charge in [0.25, 0.3) is 0 Å². The summed E-state index contributed by atoms with van der Waals surface area (Å²) in [5, 5.41) is 0. The van der Waals surface area contributed by atoms with Crippen LogP contribution in [0.1, 0.15) is 111 Å². The molecule has 0 atom stereocenters. The molecule has 0 fully saturated rings. The van der Waals surface area contributed by atoms with Gasteiger partial charge in [-0.2, -0.15) is 0 Å². The van der Waals surface area contributed by atoms with Gasteiger partial charge >= 0.3 is 169 Å². The Bertz CT molecular complexity index is 648. The predicted molar refractivity (Wildman–Crippen MR) is 131 cm³/mol. The van der Waals surface area contributed by atoms with E-state index in [4.69, 9.17) is 6.64 Å². The normalized spacial score (nSPS) is 11.5. The van der Waals surface area contributed by atoms with E-state index in [-0.39, 0.29) is 6.42 Å². The van der Waals surface area contributed by atoms with Gasteiger partial charge in [0.1, 0.15) is 0 Å². The van der Waals surface area contributed by atoms with Crippen molar-refractivity contribution in [3.05, 3.63) is 25.3 Å². The number of carbonyl (C=O) groups is 3. The second-order valence-corrected chi connectivity index (χ2v) is 11.1. The standard InChI is InChI=1S/C24H40O4.C3H7O.O.Ti/c1-5-21(25)24(23(27)28,22(26)6-2)19-17-15-13-11-9-7-8-10-12-14-16-18-20(3)4;1-3(2)4;;/h5-6,20H,1-2,7-19H2,3-4H3,(H,27,28);3H,1-2H3;;/q;-1;;+2/p-1. The quantitative estimate of drug-likeness (QED) is 0.0671. The van der Waals surface area contributed by atoms with E-state index in [0.29, 0.717) is 6.42 Å². The predicted octanol–water partition coefficient (Wildman–Crippen LogP) is 6.97. The summed E-state index contributed by atoms with van der Waals surface area (Å²) in [5.41, 5.74) is -2.08. The fraction of sp³-hybridized carbons (Fsp3) is 0.741. The zero-order valence-corrected chi connectivity index (χ0v) is 23.4. The molecule has 0 aliphatic carbocycles. The summed E-state index contributed by atoms with van der Waals surface area (Å²) in [6.07, 6.45) is 15.0. The molecule has 0 rings (SSSR count). The van der Waals surface area contributed by atoms with Crippen molar-refractivity contribution in [1.29, 1.82) is 0 Å². The molecule has 6 nitrogen and oxygen atoms in total. The van der Waals surface area contributed by atoms with Gasteiger partial charge in [-0.05, 0) is 5.92 Å².